The Morgan fingerprint density at radius 3 is 2.79 bits per heavy atom. The first-order valence-corrected chi connectivity index (χ1v) is 10.7. The van der Waals surface area contributed by atoms with E-state index in [-0.39, 0.29) is 11.9 Å². The van der Waals surface area contributed by atoms with Gasteiger partial charge in [-0.05, 0) is 74.2 Å². The topological polar surface area (TPSA) is 99.1 Å². The number of anilines is 2. The monoisotopic (exact) mass is 460 g/mol. The number of nitrogen functional groups attached to an aromatic ring is 1. The Balaban J connectivity index is 1.59. The number of nitrogens with zero attached hydrogens (tertiary/aromatic N) is 2. The minimum atomic E-state index is -0.178. The highest BCUT2D eigenvalue weighted by atomic mass is 79.9. The average Bonchev–Trinajstić information content (AvgIpc) is 3.04. The number of H-pyrrole nitrogens is 1. The Morgan fingerprint density at radius 1 is 1.41 bits per heavy atom. The Morgan fingerprint density at radius 2 is 2.10 bits per heavy atom. The van der Waals surface area contributed by atoms with Crippen molar-refractivity contribution in [1.29, 1.82) is 0 Å². The highest BCUT2D eigenvalue weighted by Crippen LogP contribution is 2.28. The number of hydrogen-bond acceptors (Lipinski definition) is 5. The molecule has 1 aliphatic heterocycles. The summed E-state index contributed by atoms with van der Waals surface area (Å²) in [4.78, 5) is 15.1. The molecular weight excluding hydrogens is 432 g/mol. The van der Waals surface area contributed by atoms with E-state index in [1.54, 1.807) is 0 Å². The van der Waals surface area contributed by atoms with Crippen molar-refractivity contribution in [3.8, 4) is 0 Å². The summed E-state index contributed by atoms with van der Waals surface area (Å²) >= 11 is 3.47. The summed E-state index contributed by atoms with van der Waals surface area (Å²) in [5, 5.41) is 13.2. The van der Waals surface area contributed by atoms with E-state index in [1.807, 2.05) is 24.3 Å². The average molecular weight is 461 g/mol. The summed E-state index contributed by atoms with van der Waals surface area (Å²) < 4.78 is 0.567. The summed E-state index contributed by atoms with van der Waals surface area (Å²) in [5.41, 5.74) is 8.41. The number of carbonyl (C=O) groups is 1. The number of hydrogen-bond donors (Lipinski definition) is 4. The van der Waals surface area contributed by atoms with Crippen LogP contribution in [0.3, 0.4) is 0 Å². The molecule has 1 amide bonds. The van der Waals surface area contributed by atoms with E-state index in [0.29, 0.717) is 33.3 Å². The Kier molecular flexibility index (Phi) is 6.97. The van der Waals surface area contributed by atoms with Crippen LogP contribution in [-0.2, 0) is 0 Å². The third-order valence-electron chi connectivity index (χ3n) is 5.39. The van der Waals surface area contributed by atoms with Gasteiger partial charge in [-0.15, -0.1) is 0 Å². The van der Waals surface area contributed by atoms with Crippen molar-refractivity contribution in [2.75, 3.05) is 31.2 Å². The lowest BCUT2D eigenvalue weighted by atomic mass is 9.91. The number of nitrogens with one attached hydrogen (secondary N) is 3. The molecule has 1 fully saturated rings. The van der Waals surface area contributed by atoms with Gasteiger partial charge >= 0.3 is 0 Å². The zero-order valence-corrected chi connectivity index (χ0v) is 18.6. The number of aromatic nitrogens is 2. The predicted molar refractivity (Wildman–Crippen MR) is 122 cm³/mol. The molecule has 29 heavy (non-hydrogen) atoms. The first kappa shape index (κ1) is 21.4. The number of para-hydroxylation sites is 1. The van der Waals surface area contributed by atoms with Crippen molar-refractivity contribution >= 4 is 39.0 Å². The molecule has 0 bridgehead atoms. The third kappa shape index (κ3) is 5.39. The summed E-state index contributed by atoms with van der Waals surface area (Å²) in [5.74, 6) is 0.970. The molecule has 1 unspecified atom stereocenters. The molecule has 2 aromatic rings. The molecule has 1 atom stereocenters. The summed E-state index contributed by atoms with van der Waals surface area (Å²) in [7, 11) is 2.16. The van der Waals surface area contributed by atoms with Gasteiger partial charge in [0.05, 0.1) is 4.47 Å². The van der Waals surface area contributed by atoms with Crippen LogP contribution in [0, 0.1) is 5.92 Å². The van der Waals surface area contributed by atoms with Crippen LogP contribution in [0.25, 0.3) is 5.70 Å². The van der Waals surface area contributed by atoms with Gasteiger partial charge in [0.2, 0.25) is 0 Å². The molecule has 1 aromatic heterocycles. The largest absolute Gasteiger partial charge is 0.398 e. The molecule has 5 N–H and O–H groups in total. The van der Waals surface area contributed by atoms with Gasteiger partial charge < -0.3 is 21.3 Å². The number of likely N-dealkylation sites (tertiary alicyclic amines) is 1. The van der Waals surface area contributed by atoms with Crippen molar-refractivity contribution in [2.45, 2.75) is 32.2 Å². The van der Waals surface area contributed by atoms with Crippen molar-refractivity contribution < 1.29 is 4.79 Å². The number of rotatable bonds is 7. The Labute approximate surface area is 180 Å². The second-order valence-electron chi connectivity index (χ2n) is 7.81. The predicted octanol–water partition coefficient (Wildman–Crippen LogP) is 3.69. The SMILES string of the molecule is C=C(Nc1n[nH]c(C(=O)NC(C)CC2CCN(C)CC2)c1Br)c1ccccc1N. The minimum absolute atomic E-state index is 0.0987. The minimum Gasteiger partial charge on any atom is -0.398 e. The van der Waals surface area contributed by atoms with Crippen LogP contribution in [0.2, 0.25) is 0 Å². The van der Waals surface area contributed by atoms with Crippen molar-refractivity contribution in [3.05, 3.63) is 46.6 Å². The van der Waals surface area contributed by atoms with Crippen LogP contribution in [0.5, 0.6) is 0 Å². The van der Waals surface area contributed by atoms with Gasteiger partial charge in [0.15, 0.2) is 5.82 Å². The van der Waals surface area contributed by atoms with Gasteiger partial charge in [-0.2, -0.15) is 5.10 Å². The maximum Gasteiger partial charge on any atom is 0.270 e. The van der Waals surface area contributed by atoms with Crippen LogP contribution in [0.15, 0.2) is 35.3 Å². The number of piperidine rings is 1. The molecule has 7 nitrogen and oxygen atoms in total. The number of aromatic amines is 1. The zero-order valence-electron chi connectivity index (χ0n) is 17.0. The van der Waals surface area contributed by atoms with Crippen LogP contribution >= 0.6 is 15.9 Å². The number of halogens is 1. The molecule has 0 radical (unpaired) electrons. The van der Waals surface area contributed by atoms with Crippen molar-refractivity contribution in [2.24, 2.45) is 5.92 Å². The van der Waals surface area contributed by atoms with Crippen LogP contribution < -0.4 is 16.4 Å². The van der Waals surface area contributed by atoms with Crippen molar-refractivity contribution in [3.63, 3.8) is 0 Å². The second-order valence-corrected chi connectivity index (χ2v) is 8.60. The van der Waals surface area contributed by atoms with E-state index in [9.17, 15) is 4.79 Å². The lowest BCUT2D eigenvalue weighted by Crippen LogP contribution is -2.37. The maximum atomic E-state index is 12.7. The fourth-order valence-corrected chi connectivity index (χ4v) is 4.15. The van der Waals surface area contributed by atoms with E-state index in [4.69, 9.17) is 5.73 Å². The molecular formula is C21H29BrN6O. The highest BCUT2D eigenvalue weighted by molar-refractivity contribution is 9.10. The highest BCUT2D eigenvalue weighted by Gasteiger charge is 2.23. The summed E-state index contributed by atoms with van der Waals surface area (Å²) in [6, 6.07) is 7.55. The molecule has 3 rings (SSSR count). The molecule has 156 valence electrons. The fraction of sp³-hybridized carbons (Fsp3) is 0.429. The summed E-state index contributed by atoms with van der Waals surface area (Å²) in [6.07, 6.45) is 3.35. The Bertz CT molecular complexity index is 872. The normalized spacial score (nSPS) is 16.4. The molecule has 1 aliphatic rings. The van der Waals surface area contributed by atoms with Gasteiger partial charge in [0.1, 0.15) is 5.69 Å². The number of benzene rings is 1. The van der Waals surface area contributed by atoms with Gasteiger partial charge in [-0.1, -0.05) is 24.8 Å². The van der Waals surface area contributed by atoms with Crippen LogP contribution in [-0.4, -0.2) is 47.2 Å². The molecule has 2 heterocycles. The van der Waals surface area contributed by atoms with E-state index in [1.165, 1.54) is 12.8 Å². The van der Waals surface area contributed by atoms with Gasteiger partial charge in [0, 0.05) is 23.0 Å². The molecule has 0 aliphatic carbocycles. The Hall–Kier alpha value is -2.32. The number of amides is 1. The van der Waals surface area contributed by atoms with E-state index in [2.05, 4.69) is 62.2 Å². The van der Waals surface area contributed by atoms with Gasteiger partial charge in [0.25, 0.3) is 5.91 Å². The second kappa shape index (κ2) is 9.45. The lowest BCUT2D eigenvalue weighted by molar-refractivity contribution is 0.0924. The molecule has 0 saturated carbocycles. The van der Waals surface area contributed by atoms with E-state index >= 15 is 0 Å². The first-order valence-electron chi connectivity index (χ1n) is 9.89. The van der Waals surface area contributed by atoms with Crippen LogP contribution in [0.1, 0.15) is 42.2 Å². The first-order chi connectivity index (χ1) is 13.8. The van der Waals surface area contributed by atoms with Gasteiger partial charge in [-0.25, -0.2) is 0 Å². The molecule has 8 heteroatoms. The van der Waals surface area contributed by atoms with Gasteiger partial charge in [-0.3, -0.25) is 9.89 Å². The molecule has 1 aromatic carbocycles. The lowest BCUT2D eigenvalue weighted by Gasteiger charge is -2.30. The standard InChI is InChI=1S/C21H29BrN6O/c1-13(12-15-8-10-28(3)11-9-15)24-21(29)19-18(22)20(27-26-19)25-14(2)16-6-4-5-7-17(16)23/h4-7,13,15H,2,8-12,23H2,1,3H3,(H,24,29)(H2,25,26,27). The maximum absolute atomic E-state index is 12.7. The molecule has 1 saturated heterocycles. The smallest absolute Gasteiger partial charge is 0.270 e. The van der Waals surface area contributed by atoms with Crippen molar-refractivity contribution in [1.82, 2.24) is 20.4 Å². The van der Waals surface area contributed by atoms with E-state index < -0.39 is 0 Å². The van der Waals surface area contributed by atoms with Crippen LogP contribution in [0.4, 0.5) is 11.5 Å². The fourth-order valence-electron chi connectivity index (χ4n) is 3.70. The molecule has 0 spiro atoms. The zero-order chi connectivity index (χ0) is 21.0. The quantitative estimate of drug-likeness (QED) is 0.472. The van der Waals surface area contributed by atoms with E-state index in [0.717, 1.165) is 25.1 Å². The third-order valence-corrected chi connectivity index (χ3v) is 6.16. The number of nitrogens with two attached hydrogens (primary N) is 1. The number of carbonyl (C=O) groups excluding carboxylic acids is 1. The summed E-state index contributed by atoms with van der Waals surface area (Å²) in [6.45, 7) is 8.33.